The molecule has 154 valence electrons. The summed E-state index contributed by atoms with van der Waals surface area (Å²) in [4.78, 5) is 17.2. The monoisotopic (exact) mass is 425 g/mol. The number of nitrogens with two attached hydrogens (primary N) is 1. The maximum Gasteiger partial charge on any atom is 0.338 e. The Hall–Kier alpha value is -3.50. The Kier molecular flexibility index (Phi) is 6.28. The second kappa shape index (κ2) is 8.89. The van der Waals surface area contributed by atoms with Crippen LogP contribution in [0.2, 0.25) is 5.15 Å². The number of aromatic nitrogens is 1. The Morgan fingerprint density at radius 1 is 1.47 bits per heavy atom. The Morgan fingerprint density at radius 3 is 2.90 bits per heavy atom. The van der Waals surface area contributed by atoms with Crippen LogP contribution in [0.25, 0.3) is 10.9 Å². The molecule has 30 heavy (non-hydrogen) atoms. The highest BCUT2D eigenvalue weighted by molar-refractivity contribution is 6.30. The van der Waals surface area contributed by atoms with E-state index >= 15 is 0 Å². The highest BCUT2D eigenvalue weighted by atomic mass is 35.5. The molecule has 1 aliphatic rings. The summed E-state index contributed by atoms with van der Waals surface area (Å²) < 4.78 is 16.1. The highest BCUT2D eigenvalue weighted by Gasteiger charge is 2.37. The van der Waals surface area contributed by atoms with Gasteiger partial charge in [-0.3, -0.25) is 0 Å². The molecule has 0 saturated heterocycles. The fraction of sp³-hybridized carbons (Fsp3) is 0.227. The van der Waals surface area contributed by atoms with Crippen LogP contribution in [-0.4, -0.2) is 24.2 Å². The van der Waals surface area contributed by atoms with Crippen LogP contribution >= 0.6 is 11.6 Å². The first-order valence-corrected chi connectivity index (χ1v) is 9.58. The van der Waals surface area contributed by atoms with Gasteiger partial charge in [0.05, 0.1) is 23.6 Å². The van der Waals surface area contributed by atoms with E-state index < -0.39 is 11.9 Å². The molecule has 0 radical (unpaired) electrons. The van der Waals surface area contributed by atoms with E-state index in [0.29, 0.717) is 23.4 Å². The minimum absolute atomic E-state index is 0.00727. The Balaban J connectivity index is 2.18. The lowest BCUT2D eigenvalue weighted by molar-refractivity contribution is -0.138. The van der Waals surface area contributed by atoms with Gasteiger partial charge >= 0.3 is 5.97 Å². The fourth-order valence-electron chi connectivity index (χ4n) is 3.27. The van der Waals surface area contributed by atoms with Gasteiger partial charge in [0.15, 0.2) is 0 Å². The molecule has 0 saturated carbocycles. The number of pyridine rings is 1. The predicted molar refractivity (Wildman–Crippen MR) is 112 cm³/mol. The summed E-state index contributed by atoms with van der Waals surface area (Å²) in [6.07, 6.45) is 1.45. The molecule has 0 unspecified atom stereocenters. The molecule has 1 aromatic carbocycles. The highest BCUT2D eigenvalue weighted by Crippen LogP contribution is 2.42. The number of fused-ring (bicyclic) bond motifs is 1. The largest absolute Gasteiger partial charge is 0.494 e. The zero-order valence-electron chi connectivity index (χ0n) is 16.6. The van der Waals surface area contributed by atoms with Crippen molar-refractivity contribution in [3.8, 4) is 11.8 Å². The molecule has 0 bridgehead atoms. The van der Waals surface area contributed by atoms with Crippen molar-refractivity contribution in [2.24, 2.45) is 5.73 Å². The standard InChI is InChI=1S/C22H20ClN3O4/c1-4-8-29-22(27)18-12(3)30-21(25)16(11-24)19(18)15-9-13-6-7-14(28-5-2)10-17(13)26-20(15)23/h4,6-7,9-10,19H,1,5,8,25H2,2-3H3/t19-/m1/s1. The first kappa shape index (κ1) is 21.2. The van der Waals surface area contributed by atoms with Crippen LogP contribution in [0.4, 0.5) is 0 Å². The van der Waals surface area contributed by atoms with Crippen LogP contribution in [0.1, 0.15) is 25.3 Å². The van der Waals surface area contributed by atoms with Crippen molar-refractivity contribution in [2.45, 2.75) is 19.8 Å². The van der Waals surface area contributed by atoms with E-state index in [4.69, 9.17) is 31.5 Å². The molecule has 0 fully saturated rings. The number of hydrogen-bond donors (Lipinski definition) is 1. The lowest BCUT2D eigenvalue weighted by Crippen LogP contribution is -2.26. The molecule has 0 aliphatic carbocycles. The second-order valence-corrected chi connectivity index (χ2v) is 6.80. The Morgan fingerprint density at radius 2 is 2.23 bits per heavy atom. The molecule has 3 rings (SSSR count). The summed E-state index contributed by atoms with van der Waals surface area (Å²) in [6.45, 7) is 7.54. The van der Waals surface area contributed by atoms with Gasteiger partial charge in [-0.25, -0.2) is 9.78 Å². The summed E-state index contributed by atoms with van der Waals surface area (Å²) in [5.74, 6) is -0.729. The molecule has 7 nitrogen and oxygen atoms in total. The van der Waals surface area contributed by atoms with Crippen molar-refractivity contribution in [1.82, 2.24) is 4.98 Å². The number of ether oxygens (including phenoxy) is 3. The van der Waals surface area contributed by atoms with Crippen molar-refractivity contribution in [1.29, 1.82) is 5.26 Å². The van der Waals surface area contributed by atoms with E-state index in [1.807, 2.05) is 25.1 Å². The van der Waals surface area contributed by atoms with E-state index in [1.54, 1.807) is 19.1 Å². The SMILES string of the molecule is C=CCOC(=O)C1=C(C)OC(N)=C(C#N)[C@H]1c1cc2ccc(OCC)cc2nc1Cl. The number of benzene rings is 1. The predicted octanol–water partition coefficient (Wildman–Crippen LogP) is 4.10. The van der Waals surface area contributed by atoms with E-state index in [2.05, 4.69) is 11.6 Å². The van der Waals surface area contributed by atoms with Gasteiger partial charge in [-0.2, -0.15) is 5.26 Å². The number of hydrogen-bond acceptors (Lipinski definition) is 7. The summed E-state index contributed by atoms with van der Waals surface area (Å²) in [5.41, 5.74) is 7.19. The van der Waals surface area contributed by atoms with Crippen LogP contribution in [0.5, 0.6) is 5.75 Å². The van der Waals surface area contributed by atoms with Crippen LogP contribution in [-0.2, 0) is 14.3 Å². The van der Waals surface area contributed by atoms with Gasteiger partial charge in [0.25, 0.3) is 0 Å². The normalized spacial score (nSPS) is 16.1. The summed E-state index contributed by atoms with van der Waals surface area (Å²) in [5, 5.41) is 10.6. The van der Waals surface area contributed by atoms with Crippen molar-refractivity contribution in [3.63, 3.8) is 0 Å². The number of allylic oxidation sites excluding steroid dienone is 2. The second-order valence-electron chi connectivity index (χ2n) is 6.44. The van der Waals surface area contributed by atoms with Crippen molar-refractivity contribution in [2.75, 3.05) is 13.2 Å². The number of halogens is 1. The maximum atomic E-state index is 12.8. The Labute approximate surface area is 179 Å². The average molecular weight is 426 g/mol. The first-order valence-electron chi connectivity index (χ1n) is 9.20. The molecule has 0 spiro atoms. The van der Waals surface area contributed by atoms with Crippen LogP contribution in [0.3, 0.4) is 0 Å². The summed E-state index contributed by atoms with van der Waals surface area (Å²) >= 11 is 6.50. The third kappa shape index (κ3) is 3.95. The quantitative estimate of drug-likeness (QED) is 0.421. The molecule has 2 aromatic rings. The van der Waals surface area contributed by atoms with E-state index in [-0.39, 0.29) is 34.5 Å². The molecule has 2 N–H and O–H groups in total. The third-order valence-corrected chi connectivity index (χ3v) is 4.85. The van der Waals surface area contributed by atoms with Crippen molar-refractivity contribution < 1.29 is 19.0 Å². The minimum atomic E-state index is -0.878. The molecule has 1 aromatic heterocycles. The zero-order chi connectivity index (χ0) is 21.8. The van der Waals surface area contributed by atoms with Crippen LogP contribution in [0.15, 0.2) is 59.7 Å². The molecule has 2 heterocycles. The van der Waals surface area contributed by atoms with Crippen LogP contribution < -0.4 is 10.5 Å². The van der Waals surface area contributed by atoms with Gasteiger partial charge in [0.2, 0.25) is 5.88 Å². The smallest absolute Gasteiger partial charge is 0.338 e. The zero-order valence-corrected chi connectivity index (χ0v) is 17.3. The number of nitrogens with zero attached hydrogens (tertiary/aromatic N) is 2. The minimum Gasteiger partial charge on any atom is -0.494 e. The first-order chi connectivity index (χ1) is 14.4. The maximum absolute atomic E-state index is 12.8. The lowest BCUT2D eigenvalue weighted by Gasteiger charge is -2.27. The third-order valence-electron chi connectivity index (χ3n) is 4.55. The molecule has 1 aliphatic heterocycles. The summed E-state index contributed by atoms with van der Waals surface area (Å²) in [6, 6.07) is 9.21. The molecule has 8 heteroatoms. The van der Waals surface area contributed by atoms with Gasteiger partial charge in [-0.05, 0) is 32.0 Å². The fourth-order valence-corrected chi connectivity index (χ4v) is 3.52. The lowest BCUT2D eigenvalue weighted by atomic mass is 9.83. The topological polar surface area (TPSA) is 107 Å². The van der Waals surface area contributed by atoms with Crippen molar-refractivity contribution >= 4 is 28.5 Å². The van der Waals surface area contributed by atoms with E-state index in [9.17, 15) is 10.1 Å². The summed E-state index contributed by atoms with van der Waals surface area (Å²) in [7, 11) is 0. The molecule has 1 atom stereocenters. The number of esters is 1. The number of nitriles is 1. The van der Waals surface area contributed by atoms with E-state index in [1.165, 1.54) is 6.08 Å². The average Bonchev–Trinajstić information content (AvgIpc) is 2.71. The molecular formula is C22H20ClN3O4. The number of carbonyl (C=O) groups is 1. The molecule has 0 amide bonds. The van der Waals surface area contributed by atoms with Crippen molar-refractivity contribution in [3.05, 3.63) is 70.4 Å². The van der Waals surface area contributed by atoms with Gasteiger partial charge in [0, 0.05) is 17.0 Å². The van der Waals surface area contributed by atoms with Gasteiger partial charge in [-0.1, -0.05) is 24.3 Å². The molecular weight excluding hydrogens is 406 g/mol. The van der Waals surface area contributed by atoms with Gasteiger partial charge < -0.3 is 19.9 Å². The van der Waals surface area contributed by atoms with Gasteiger partial charge in [-0.15, -0.1) is 0 Å². The Bertz CT molecular complexity index is 1130. The van der Waals surface area contributed by atoms with E-state index in [0.717, 1.165) is 5.39 Å². The van der Waals surface area contributed by atoms with Gasteiger partial charge in [0.1, 0.15) is 34.9 Å². The number of rotatable bonds is 6. The number of carbonyl (C=O) groups excluding carboxylic acids is 1. The van der Waals surface area contributed by atoms with Crippen LogP contribution in [0, 0.1) is 11.3 Å².